The second-order valence-corrected chi connectivity index (χ2v) is 7.28. The standard InChI is InChI=1S/C19H18N4O2S/c24-17-10-14(18(25)21-9-7-13-4-3-8-20-11-13)12-23(17)19-22-15-5-1-2-6-16(15)26-19/h1-6,8,11,14H,7,9-10,12H2,(H,21,25). The molecule has 0 spiro atoms. The van der Waals surface area contributed by atoms with Crippen molar-refractivity contribution in [3.05, 3.63) is 54.4 Å². The van der Waals surface area contributed by atoms with E-state index in [9.17, 15) is 9.59 Å². The van der Waals surface area contributed by atoms with Crippen molar-refractivity contribution in [1.29, 1.82) is 0 Å². The fraction of sp³-hybridized carbons (Fsp3) is 0.263. The van der Waals surface area contributed by atoms with Crippen molar-refractivity contribution in [2.24, 2.45) is 5.92 Å². The van der Waals surface area contributed by atoms with Crippen LogP contribution in [0.15, 0.2) is 48.8 Å². The molecule has 4 rings (SSSR count). The van der Waals surface area contributed by atoms with Gasteiger partial charge in [0.2, 0.25) is 11.8 Å². The molecule has 1 saturated heterocycles. The van der Waals surface area contributed by atoms with Gasteiger partial charge in [-0.05, 0) is 30.2 Å². The maximum Gasteiger partial charge on any atom is 0.229 e. The van der Waals surface area contributed by atoms with Gasteiger partial charge in [0, 0.05) is 31.9 Å². The quantitative estimate of drug-likeness (QED) is 0.752. The molecule has 1 unspecified atom stereocenters. The molecule has 26 heavy (non-hydrogen) atoms. The van der Waals surface area contributed by atoms with E-state index in [1.807, 2.05) is 36.4 Å². The van der Waals surface area contributed by atoms with Gasteiger partial charge in [-0.1, -0.05) is 29.5 Å². The van der Waals surface area contributed by atoms with Crippen LogP contribution in [0.2, 0.25) is 0 Å². The Labute approximate surface area is 154 Å². The van der Waals surface area contributed by atoms with Crippen molar-refractivity contribution in [2.75, 3.05) is 18.0 Å². The van der Waals surface area contributed by atoms with Gasteiger partial charge in [0.05, 0.1) is 16.1 Å². The van der Waals surface area contributed by atoms with Gasteiger partial charge in [-0.2, -0.15) is 0 Å². The Morgan fingerprint density at radius 1 is 1.27 bits per heavy atom. The lowest BCUT2D eigenvalue weighted by atomic mass is 10.1. The normalized spacial score (nSPS) is 17.0. The van der Waals surface area contributed by atoms with Gasteiger partial charge in [0.1, 0.15) is 0 Å². The van der Waals surface area contributed by atoms with E-state index in [0.29, 0.717) is 18.2 Å². The SMILES string of the molecule is O=C(NCCc1cccnc1)C1CC(=O)N(c2nc3ccccc3s2)C1. The molecule has 7 heteroatoms. The van der Waals surface area contributed by atoms with Crippen molar-refractivity contribution in [2.45, 2.75) is 12.8 Å². The molecule has 2 amide bonds. The molecule has 3 heterocycles. The molecule has 1 atom stereocenters. The number of nitrogens with one attached hydrogen (secondary N) is 1. The van der Waals surface area contributed by atoms with Crippen LogP contribution in [0.5, 0.6) is 0 Å². The second kappa shape index (κ2) is 7.21. The molecule has 0 aliphatic carbocycles. The van der Waals surface area contributed by atoms with Crippen LogP contribution in [0.3, 0.4) is 0 Å². The summed E-state index contributed by atoms with van der Waals surface area (Å²) in [5.41, 5.74) is 1.95. The lowest BCUT2D eigenvalue weighted by molar-refractivity contribution is -0.126. The predicted molar refractivity (Wildman–Crippen MR) is 101 cm³/mol. The number of aromatic nitrogens is 2. The molecular weight excluding hydrogens is 348 g/mol. The third kappa shape index (κ3) is 3.43. The largest absolute Gasteiger partial charge is 0.355 e. The Morgan fingerprint density at radius 3 is 2.96 bits per heavy atom. The number of carbonyl (C=O) groups excluding carboxylic acids is 2. The van der Waals surface area contributed by atoms with E-state index < -0.39 is 0 Å². The van der Waals surface area contributed by atoms with Crippen LogP contribution < -0.4 is 10.2 Å². The summed E-state index contributed by atoms with van der Waals surface area (Å²) in [5.74, 6) is -0.453. The molecule has 1 aromatic carbocycles. The molecule has 1 N–H and O–H groups in total. The highest BCUT2D eigenvalue weighted by Crippen LogP contribution is 2.32. The highest BCUT2D eigenvalue weighted by molar-refractivity contribution is 7.22. The highest BCUT2D eigenvalue weighted by Gasteiger charge is 2.36. The van der Waals surface area contributed by atoms with Gasteiger partial charge >= 0.3 is 0 Å². The maximum absolute atomic E-state index is 12.4. The number of nitrogens with zero attached hydrogens (tertiary/aromatic N) is 3. The number of hydrogen-bond donors (Lipinski definition) is 1. The fourth-order valence-electron chi connectivity index (χ4n) is 3.06. The summed E-state index contributed by atoms with van der Waals surface area (Å²) in [5, 5.41) is 3.60. The van der Waals surface area contributed by atoms with E-state index >= 15 is 0 Å². The first-order valence-electron chi connectivity index (χ1n) is 8.53. The van der Waals surface area contributed by atoms with Crippen LogP contribution in [0.1, 0.15) is 12.0 Å². The summed E-state index contributed by atoms with van der Waals surface area (Å²) >= 11 is 1.48. The lowest BCUT2D eigenvalue weighted by Crippen LogP contribution is -2.34. The van der Waals surface area contributed by atoms with E-state index in [2.05, 4.69) is 15.3 Å². The summed E-state index contributed by atoms with van der Waals surface area (Å²) < 4.78 is 1.04. The minimum atomic E-state index is -0.330. The number of amides is 2. The maximum atomic E-state index is 12.4. The molecule has 0 radical (unpaired) electrons. The minimum absolute atomic E-state index is 0.0449. The van der Waals surface area contributed by atoms with E-state index in [1.54, 1.807) is 17.3 Å². The molecule has 0 saturated carbocycles. The zero-order valence-corrected chi connectivity index (χ0v) is 14.9. The van der Waals surface area contributed by atoms with Gasteiger partial charge in [-0.15, -0.1) is 0 Å². The van der Waals surface area contributed by atoms with Crippen LogP contribution in [0, 0.1) is 5.92 Å². The first kappa shape index (κ1) is 16.7. The second-order valence-electron chi connectivity index (χ2n) is 6.27. The fourth-order valence-corrected chi connectivity index (χ4v) is 4.06. The van der Waals surface area contributed by atoms with Crippen LogP contribution in [0.4, 0.5) is 5.13 Å². The Hall–Kier alpha value is -2.80. The smallest absolute Gasteiger partial charge is 0.229 e. The van der Waals surface area contributed by atoms with E-state index in [1.165, 1.54) is 11.3 Å². The number of pyridine rings is 1. The lowest BCUT2D eigenvalue weighted by Gasteiger charge is -2.13. The van der Waals surface area contributed by atoms with Crippen LogP contribution in [-0.4, -0.2) is 34.9 Å². The van der Waals surface area contributed by atoms with Gasteiger partial charge in [-0.3, -0.25) is 19.5 Å². The molecule has 3 aromatic rings. The minimum Gasteiger partial charge on any atom is -0.355 e. The number of hydrogen-bond acceptors (Lipinski definition) is 5. The number of benzene rings is 1. The number of para-hydroxylation sites is 1. The van der Waals surface area contributed by atoms with Crippen molar-refractivity contribution < 1.29 is 9.59 Å². The first-order chi connectivity index (χ1) is 12.7. The van der Waals surface area contributed by atoms with Crippen molar-refractivity contribution >= 4 is 38.5 Å². The summed E-state index contributed by atoms with van der Waals surface area (Å²) in [7, 11) is 0. The van der Waals surface area contributed by atoms with Crippen molar-refractivity contribution in [1.82, 2.24) is 15.3 Å². The molecule has 0 bridgehead atoms. The first-order valence-corrected chi connectivity index (χ1v) is 9.35. The Kier molecular flexibility index (Phi) is 4.62. The molecular formula is C19H18N4O2S. The predicted octanol–water partition coefficient (Wildman–Crippen LogP) is 2.40. The van der Waals surface area contributed by atoms with Gasteiger partial charge in [-0.25, -0.2) is 4.98 Å². The average molecular weight is 366 g/mol. The number of anilines is 1. The zero-order chi connectivity index (χ0) is 17.9. The van der Waals surface area contributed by atoms with Gasteiger partial charge < -0.3 is 5.32 Å². The Morgan fingerprint density at radius 2 is 2.15 bits per heavy atom. The summed E-state index contributed by atoms with van der Waals surface area (Å²) in [6.07, 6.45) is 4.47. The summed E-state index contributed by atoms with van der Waals surface area (Å²) in [4.78, 5) is 35.0. The molecule has 2 aromatic heterocycles. The van der Waals surface area contributed by atoms with Crippen molar-refractivity contribution in [3.8, 4) is 0 Å². The summed E-state index contributed by atoms with van der Waals surface area (Å²) in [6.45, 7) is 0.924. The monoisotopic (exact) mass is 366 g/mol. The Balaban J connectivity index is 1.37. The number of rotatable bonds is 5. The van der Waals surface area contributed by atoms with E-state index in [-0.39, 0.29) is 24.2 Å². The van der Waals surface area contributed by atoms with Crippen LogP contribution >= 0.6 is 11.3 Å². The van der Waals surface area contributed by atoms with Crippen molar-refractivity contribution in [3.63, 3.8) is 0 Å². The molecule has 1 fully saturated rings. The molecule has 1 aliphatic rings. The van der Waals surface area contributed by atoms with E-state index in [4.69, 9.17) is 0 Å². The Bertz CT molecular complexity index is 908. The van der Waals surface area contributed by atoms with Gasteiger partial charge in [0.25, 0.3) is 0 Å². The summed E-state index contributed by atoms with van der Waals surface area (Å²) in [6, 6.07) is 11.7. The van der Waals surface area contributed by atoms with Gasteiger partial charge in [0.15, 0.2) is 5.13 Å². The zero-order valence-electron chi connectivity index (χ0n) is 14.1. The third-order valence-electron chi connectivity index (χ3n) is 4.45. The molecule has 132 valence electrons. The number of fused-ring (bicyclic) bond motifs is 1. The highest BCUT2D eigenvalue weighted by atomic mass is 32.1. The topological polar surface area (TPSA) is 75.2 Å². The molecule has 6 nitrogen and oxygen atoms in total. The van der Waals surface area contributed by atoms with E-state index in [0.717, 1.165) is 22.2 Å². The number of carbonyl (C=O) groups is 2. The number of thiazole rings is 1. The molecule has 1 aliphatic heterocycles. The van der Waals surface area contributed by atoms with Crippen LogP contribution in [-0.2, 0) is 16.0 Å². The van der Waals surface area contributed by atoms with Crippen LogP contribution in [0.25, 0.3) is 10.2 Å². The third-order valence-corrected chi connectivity index (χ3v) is 5.50. The average Bonchev–Trinajstić information content (AvgIpc) is 3.25.